The van der Waals surface area contributed by atoms with Crippen molar-refractivity contribution < 1.29 is 0 Å². The Labute approximate surface area is 155 Å². The summed E-state index contributed by atoms with van der Waals surface area (Å²) in [5, 5.41) is 9.03. The second-order valence-electron chi connectivity index (χ2n) is 6.57. The minimum absolute atomic E-state index is 0.115. The summed E-state index contributed by atoms with van der Waals surface area (Å²) >= 11 is 4.14. The van der Waals surface area contributed by atoms with E-state index < -0.39 is 0 Å². The molecule has 0 unspecified atom stereocenters. The van der Waals surface area contributed by atoms with Crippen LogP contribution in [0.1, 0.15) is 57.6 Å². The Bertz CT molecular complexity index is 625. The van der Waals surface area contributed by atoms with Gasteiger partial charge in [0.25, 0.3) is 0 Å². The van der Waals surface area contributed by atoms with Gasteiger partial charge in [-0.3, -0.25) is 0 Å². The van der Waals surface area contributed by atoms with Crippen LogP contribution in [0, 0.1) is 11.3 Å². The highest BCUT2D eigenvalue weighted by Crippen LogP contribution is 2.53. The summed E-state index contributed by atoms with van der Waals surface area (Å²) in [5.41, 5.74) is 4.97. The maximum Gasteiger partial charge on any atom is 0.0991 e. The molecule has 1 saturated heterocycles. The molecule has 0 spiro atoms. The molecule has 1 heterocycles. The van der Waals surface area contributed by atoms with Crippen molar-refractivity contribution in [2.75, 3.05) is 11.5 Å². The molecule has 0 saturated carbocycles. The van der Waals surface area contributed by atoms with Crippen LogP contribution in [0.25, 0.3) is 0 Å². The van der Waals surface area contributed by atoms with Crippen molar-refractivity contribution in [3.05, 3.63) is 58.7 Å². The van der Waals surface area contributed by atoms with Crippen LogP contribution in [-0.4, -0.2) is 11.5 Å². The van der Waals surface area contributed by atoms with Gasteiger partial charge in [-0.15, -0.1) is 23.5 Å². The number of rotatable bonds is 6. The van der Waals surface area contributed by atoms with E-state index in [4.69, 9.17) is 5.26 Å². The predicted octanol–water partition coefficient (Wildman–Crippen LogP) is 6.66. The summed E-state index contributed by atoms with van der Waals surface area (Å²) in [7, 11) is 0. The summed E-state index contributed by atoms with van der Waals surface area (Å²) < 4.78 is 0.115. The molecule has 1 aromatic rings. The molecule has 0 aromatic heterocycles. The zero-order valence-corrected chi connectivity index (χ0v) is 16.6. The zero-order chi connectivity index (χ0) is 17.4. The quantitative estimate of drug-likeness (QED) is 0.532. The first kappa shape index (κ1) is 19.2. The van der Waals surface area contributed by atoms with Crippen LogP contribution >= 0.6 is 23.5 Å². The number of hydrogen-bond acceptors (Lipinski definition) is 3. The highest BCUT2D eigenvalue weighted by atomic mass is 32.2. The average Bonchev–Trinajstić information content (AvgIpc) is 2.60. The standard InChI is InChI=1S/C21H27NS2/c1-17(2)6-4-7-18(3)12-13-21(23-14-5-15-24-21)20-10-8-19(16-22)9-11-20/h6,8-12H,4-5,7,13-15H2,1-3H3/b18-12+. The molecule has 1 fully saturated rings. The van der Waals surface area contributed by atoms with Gasteiger partial charge in [0, 0.05) is 0 Å². The molecule has 1 nitrogen and oxygen atoms in total. The Morgan fingerprint density at radius 1 is 1.12 bits per heavy atom. The van der Waals surface area contributed by atoms with Gasteiger partial charge in [0.2, 0.25) is 0 Å². The molecule has 0 amide bonds. The van der Waals surface area contributed by atoms with E-state index in [0.717, 1.165) is 24.8 Å². The lowest BCUT2D eigenvalue weighted by atomic mass is 10.0. The van der Waals surface area contributed by atoms with E-state index >= 15 is 0 Å². The van der Waals surface area contributed by atoms with E-state index in [0.29, 0.717) is 0 Å². The normalized spacial score (nSPS) is 17.2. The Balaban J connectivity index is 2.12. The summed E-state index contributed by atoms with van der Waals surface area (Å²) in [6.45, 7) is 6.58. The van der Waals surface area contributed by atoms with Gasteiger partial charge in [0.1, 0.15) is 0 Å². The Morgan fingerprint density at radius 3 is 2.38 bits per heavy atom. The Morgan fingerprint density at radius 2 is 1.79 bits per heavy atom. The fraction of sp³-hybridized carbons (Fsp3) is 0.476. The van der Waals surface area contributed by atoms with Crippen molar-refractivity contribution in [3.8, 4) is 6.07 Å². The molecular weight excluding hydrogens is 330 g/mol. The third kappa shape index (κ3) is 5.46. The van der Waals surface area contributed by atoms with Crippen molar-refractivity contribution >= 4 is 23.5 Å². The molecule has 0 radical (unpaired) electrons. The molecule has 1 aliphatic heterocycles. The Kier molecular flexibility index (Phi) is 7.52. The van der Waals surface area contributed by atoms with Crippen molar-refractivity contribution in [1.29, 1.82) is 5.26 Å². The minimum atomic E-state index is 0.115. The third-order valence-electron chi connectivity index (χ3n) is 4.22. The number of allylic oxidation sites excluding steroid dienone is 4. The first-order chi connectivity index (χ1) is 11.6. The van der Waals surface area contributed by atoms with Gasteiger partial charge in [0.05, 0.1) is 15.7 Å². The molecule has 128 valence electrons. The summed E-state index contributed by atoms with van der Waals surface area (Å²) in [6, 6.07) is 10.4. The summed E-state index contributed by atoms with van der Waals surface area (Å²) in [6.07, 6.45) is 9.38. The second-order valence-corrected chi connectivity index (χ2v) is 9.61. The van der Waals surface area contributed by atoms with E-state index in [2.05, 4.69) is 74.6 Å². The van der Waals surface area contributed by atoms with Gasteiger partial charge in [-0.2, -0.15) is 5.26 Å². The SMILES string of the molecule is CC(C)=CCC/C(C)=C/CC1(c2ccc(C#N)cc2)SCCCS1. The topological polar surface area (TPSA) is 23.8 Å². The van der Waals surface area contributed by atoms with Crippen LogP contribution < -0.4 is 0 Å². The largest absolute Gasteiger partial charge is 0.192 e. The van der Waals surface area contributed by atoms with Gasteiger partial charge >= 0.3 is 0 Å². The van der Waals surface area contributed by atoms with Crippen LogP contribution in [0.15, 0.2) is 47.6 Å². The molecular formula is C21H27NS2. The Hall–Kier alpha value is -1.11. The number of nitriles is 1. The maximum absolute atomic E-state index is 9.03. The highest BCUT2D eigenvalue weighted by Gasteiger charge is 2.34. The molecule has 2 rings (SSSR count). The van der Waals surface area contributed by atoms with E-state index in [-0.39, 0.29) is 4.08 Å². The molecule has 0 bridgehead atoms. The van der Waals surface area contributed by atoms with Gasteiger partial charge in [-0.05, 0) is 75.7 Å². The number of hydrogen-bond donors (Lipinski definition) is 0. The van der Waals surface area contributed by atoms with Crippen LogP contribution in [0.4, 0.5) is 0 Å². The lowest BCUT2D eigenvalue weighted by Gasteiger charge is -2.36. The molecule has 0 N–H and O–H groups in total. The van der Waals surface area contributed by atoms with E-state index in [9.17, 15) is 0 Å². The highest BCUT2D eigenvalue weighted by molar-refractivity contribution is 8.18. The smallest absolute Gasteiger partial charge is 0.0991 e. The van der Waals surface area contributed by atoms with Crippen molar-refractivity contribution in [2.45, 2.75) is 50.5 Å². The molecule has 0 atom stereocenters. The molecule has 1 aliphatic rings. The van der Waals surface area contributed by atoms with Crippen molar-refractivity contribution in [3.63, 3.8) is 0 Å². The fourth-order valence-corrected chi connectivity index (χ4v) is 6.04. The van der Waals surface area contributed by atoms with Crippen LogP contribution in [0.3, 0.4) is 0 Å². The van der Waals surface area contributed by atoms with Crippen molar-refractivity contribution in [2.24, 2.45) is 0 Å². The maximum atomic E-state index is 9.03. The van der Waals surface area contributed by atoms with Gasteiger partial charge < -0.3 is 0 Å². The lowest BCUT2D eigenvalue weighted by molar-refractivity contribution is 0.853. The molecule has 3 heteroatoms. The first-order valence-electron chi connectivity index (χ1n) is 8.63. The number of benzene rings is 1. The van der Waals surface area contributed by atoms with Gasteiger partial charge in [-0.1, -0.05) is 35.4 Å². The zero-order valence-electron chi connectivity index (χ0n) is 15.0. The average molecular weight is 358 g/mol. The van der Waals surface area contributed by atoms with Crippen LogP contribution in [-0.2, 0) is 4.08 Å². The monoisotopic (exact) mass is 357 g/mol. The van der Waals surface area contributed by atoms with Crippen molar-refractivity contribution in [1.82, 2.24) is 0 Å². The second kappa shape index (κ2) is 9.39. The van der Waals surface area contributed by atoms with Crippen LogP contribution in [0.2, 0.25) is 0 Å². The van der Waals surface area contributed by atoms with E-state index in [1.54, 1.807) is 0 Å². The number of thioether (sulfide) groups is 2. The van der Waals surface area contributed by atoms with Gasteiger partial charge in [0.15, 0.2) is 0 Å². The lowest BCUT2D eigenvalue weighted by Crippen LogP contribution is -2.22. The molecule has 24 heavy (non-hydrogen) atoms. The molecule has 0 aliphatic carbocycles. The minimum Gasteiger partial charge on any atom is -0.192 e. The van der Waals surface area contributed by atoms with E-state index in [1.165, 1.54) is 34.6 Å². The van der Waals surface area contributed by atoms with Crippen LogP contribution in [0.5, 0.6) is 0 Å². The summed E-state index contributed by atoms with van der Waals surface area (Å²) in [4.78, 5) is 0. The molecule has 1 aromatic carbocycles. The van der Waals surface area contributed by atoms with E-state index in [1.807, 2.05) is 12.1 Å². The van der Waals surface area contributed by atoms with Gasteiger partial charge in [-0.25, -0.2) is 0 Å². The fourth-order valence-electron chi connectivity index (χ4n) is 2.77. The third-order valence-corrected chi connectivity index (χ3v) is 7.65. The summed E-state index contributed by atoms with van der Waals surface area (Å²) in [5.74, 6) is 2.44. The first-order valence-corrected chi connectivity index (χ1v) is 10.6. The predicted molar refractivity (Wildman–Crippen MR) is 109 cm³/mol. The number of nitrogens with zero attached hydrogens (tertiary/aromatic N) is 1.